The largest absolute Gasteiger partial charge is 0.441 e. The molecule has 8 heteroatoms. The number of rotatable bonds is 4. The van der Waals surface area contributed by atoms with Gasteiger partial charge in [-0.15, -0.1) is 5.10 Å². The van der Waals surface area contributed by atoms with Crippen molar-refractivity contribution in [2.24, 2.45) is 5.92 Å². The van der Waals surface area contributed by atoms with E-state index in [1.807, 2.05) is 12.1 Å². The van der Waals surface area contributed by atoms with Gasteiger partial charge in [-0.05, 0) is 49.9 Å². The molecule has 2 fully saturated rings. The van der Waals surface area contributed by atoms with Crippen molar-refractivity contribution >= 4 is 22.7 Å². The molecule has 7 nitrogen and oxygen atoms in total. The second-order valence-corrected chi connectivity index (χ2v) is 8.60. The first-order chi connectivity index (χ1) is 15.1. The van der Waals surface area contributed by atoms with Crippen LogP contribution in [0.5, 0.6) is 0 Å². The SMILES string of the molecule is O=c1nc2oc(C3CC3)c(C#CC3CC3)c2cn1Cc1cn(-c2ccc(Cl)cc2)nn1. The van der Waals surface area contributed by atoms with Crippen LogP contribution >= 0.6 is 11.6 Å². The fraction of sp³-hybridized carbons (Fsp3) is 0.304. The molecule has 2 saturated carbocycles. The predicted octanol–water partition coefficient (Wildman–Crippen LogP) is 3.91. The number of hydrogen-bond donors (Lipinski definition) is 0. The Bertz CT molecular complexity index is 1410. The van der Waals surface area contributed by atoms with Crippen LogP contribution < -0.4 is 5.69 Å². The fourth-order valence-electron chi connectivity index (χ4n) is 3.56. The molecule has 31 heavy (non-hydrogen) atoms. The van der Waals surface area contributed by atoms with Gasteiger partial charge in [-0.25, -0.2) is 9.48 Å². The van der Waals surface area contributed by atoms with E-state index in [0.717, 1.165) is 48.1 Å². The third-order valence-electron chi connectivity index (χ3n) is 5.57. The van der Waals surface area contributed by atoms with E-state index in [1.165, 1.54) is 4.57 Å². The highest BCUT2D eigenvalue weighted by atomic mass is 35.5. The standard InChI is InChI=1S/C23H18ClN5O2/c24-16-6-8-18(9-7-16)29-12-17(26-27-29)11-28-13-20-19(10-3-14-1-2-14)21(15-4-5-15)31-22(20)25-23(28)30/h6-9,12-15H,1-2,4-5,11H2. The van der Waals surface area contributed by atoms with Crippen molar-refractivity contribution in [2.75, 3.05) is 0 Å². The second kappa shape index (κ2) is 7.10. The summed E-state index contributed by atoms with van der Waals surface area (Å²) in [6.45, 7) is 0.259. The van der Waals surface area contributed by atoms with Crippen molar-refractivity contribution < 1.29 is 4.42 Å². The Morgan fingerprint density at radius 1 is 1.13 bits per heavy atom. The highest BCUT2D eigenvalue weighted by Gasteiger charge is 2.32. The maximum Gasteiger partial charge on any atom is 0.351 e. The zero-order valence-corrected chi connectivity index (χ0v) is 17.3. The minimum Gasteiger partial charge on any atom is -0.441 e. The molecule has 2 aliphatic carbocycles. The smallest absolute Gasteiger partial charge is 0.351 e. The van der Waals surface area contributed by atoms with E-state index >= 15 is 0 Å². The van der Waals surface area contributed by atoms with Crippen molar-refractivity contribution in [3.63, 3.8) is 0 Å². The van der Waals surface area contributed by atoms with Gasteiger partial charge in [-0.3, -0.25) is 4.57 Å². The minimum atomic E-state index is -0.383. The number of fused-ring (bicyclic) bond motifs is 1. The quantitative estimate of drug-likeness (QED) is 0.458. The van der Waals surface area contributed by atoms with Gasteiger partial charge in [0.2, 0.25) is 5.71 Å². The summed E-state index contributed by atoms with van der Waals surface area (Å²) in [5.74, 6) is 8.39. The van der Waals surface area contributed by atoms with E-state index < -0.39 is 0 Å². The van der Waals surface area contributed by atoms with Gasteiger partial charge in [0.25, 0.3) is 0 Å². The lowest BCUT2D eigenvalue weighted by Gasteiger charge is -2.02. The Balaban J connectivity index is 1.36. The van der Waals surface area contributed by atoms with Crippen LogP contribution in [0.4, 0.5) is 0 Å². The molecule has 3 aromatic heterocycles. The topological polar surface area (TPSA) is 78.7 Å². The van der Waals surface area contributed by atoms with Gasteiger partial charge in [-0.2, -0.15) is 4.98 Å². The molecule has 0 N–H and O–H groups in total. The van der Waals surface area contributed by atoms with Crippen LogP contribution in [0.1, 0.15) is 48.6 Å². The number of aromatic nitrogens is 5. The van der Waals surface area contributed by atoms with Crippen molar-refractivity contribution in [1.82, 2.24) is 24.5 Å². The van der Waals surface area contributed by atoms with Crippen molar-refractivity contribution in [1.29, 1.82) is 0 Å². The maximum absolute atomic E-state index is 12.6. The molecule has 0 spiro atoms. The number of benzene rings is 1. The molecule has 4 aromatic rings. The van der Waals surface area contributed by atoms with E-state index in [0.29, 0.717) is 28.3 Å². The summed E-state index contributed by atoms with van der Waals surface area (Å²) in [4.78, 5) is 16.8. The Morgan fingerprint density at radius 3 is 2.68 bits per heavy atom. The molecule has 1 aromatic carbocycles. The normalized spacial score (nSPS) is 15.8. The molecule has 0 bridgehead atoms. The zero-order valence-electron chi connectivity index (χ0n) is 16.6. The maximum atomic E-state index is 12.6. The summed E-state index contributed by atoms with van der Waals surface area (Å²) in [5.41, 5.74) is 2.36. The van der Waals surface area contributed by atoms with Gasteiger partial charge >= 0.3 is 5.69 Å². The highest BCUT2D eigenvalue weighted by Crippen LogP contribution is 2.44. The van der Waals surface area contributed by atoms with Crippen molar-refractivity contribution in [3.8, 4) is 17.5 Å². The van der Waals surface area contributed by atoms with Crippen molar-refractivity contribution in [2.45, 2.75) is 38.1 Å². The predicted molar refractivity (Wildman–Crippen MR) is 115 cm³/mol. The molecule has 2 aliphatic rings. The first-order valence-electron chi connectivity index (χ1n) is 10.4. The Kier molecular flexibility index (Phi) is 4.22. The molecule has 0 amide bonds. The molecular weight excluding hydrogens is 414 g/mol. The lowest BCUT2D eigenvalue weighted by Crippen LogP contribution is -2.22. The van der Waals surface area contributed by atoms with Crippen LogP contribution in [0.15, 0.2) is 45.9 Å². The zero-order chi connectivity index (χ0) is 20.9. The average Bonchev–Trinajstić information content (AvgIpc) is 3.69. The van der Waals surface area contributed by atoms with E-state index in [9.17, 15) is 4.79 Å². The van der Waals surface area contributed by atoms with E-state index in [-0.39, 0.29) is 12.2 Å². The average molecular weight is 432 g/mol. The van der Waals surface area contributed by atoms with E-state index in [4.69, 9.17) is 16.0 Å². The van der Waals surface area contributed by atoms with Gasteiger partial charge in [-0.1, -0.05) is 28.7 Å². The van der Waals surface area contributed by atoms with Gasteiger partial charge < -0.3 is 4.42 Å². The Hall–Kier alpha value is -3.37. The number of halogens is 1. The summed E-state index contributed by atoms with van der Waals surface area (Å²) >= 11 is 5.95. The summed E-state index contributed by atoms with van der Waals surface area (Å²) in [6.07, 6.45) is 8.09. The molecule has 3 heterocycles. The van der Waals surface area contributed by atoms with E-state index in [2.05, 4.69) is 27.1 Å². The number of hydrogen-bond acceptors (Lipinski definition) is 5. The number of nitrogens with zero attached hydrogens (tertiary/aromatic N) is 5. The molecule has 154 valence electrons. The van der Waals surface area contributed by atoms with Gasteiger partial charge in [0.15, 0.2) is 0 Å². The molecule has 0 saturated heterocycles. The lowest BCUT2D eigenvalue weighted by molar-refractivity contribution is 0.537. The second-order valence-electron chi connectivity index (χ2n) is 8.16. The van der Waals surface area contributed by atoms with Gasteiger partial charge in [0, 0.05) is 23.1 Å². The lowest BCUT2D eigenvalue weighted by atomic mass is 10.1. The Morgan fingerprint density at radius 2 is 1.94 bits per heavy atom. The summed E-state index contributed by atoms with van der Waals surface area (Å²) in [5, 5.41) is 9.81. The van der Waals surface area contributed by atoms with Crippen LogP contribution in [0.2, 0.25) is 5.02 Å². The van der Waals surface area contributed by atoms with Gasteiger partial charge in [0.1, 0.15) is 11.5 Å². The summed E-state index contributed by atoms with van der Waals surface area (Å²) in [7, 11) is 0. The Labute approximate surface area is 182 Å². The monoisotopic (exact) mass is 431 g/mol. The van der Waals surface area contributed by atoms with Crippen LogP contribution in [0.25, 0.3) is 16.8 Å². The van der Waals surface area contributed by atoms with Crippen LogP contribution in [0, 0.1) is 17.8 Å². The van der Waals surface area contributed by atoms with E-state index in [1.54, 1.807) is 29.2 Å². The van der Waals surface area contributed by atoms with Crippen LogP contribution in [-0.4, -0.2) is 24.5 Å². The summed E-state index contributed by atoms with van der Waals surface area (Å²) < 4.78 is 9.15. The fourth-order valence-corrected chi connectivity index (χ4v) is 3.68. The molecule has 0 unspecified atom stereocenters. The third kappa shape index (κ3) is 3.64. The molecule has 0 aliphatic heterocycles. The summed E-state index contributed by atoms with van der Waals surface area (Å²) in [6, 6.07) is 7.30. The van der Waals surface area contributed by atoms with Gasteiger partial charge in [0.05, 0.1) is 29.4 Å². The van der Waals surface area contributed by atoms with Crippen LogP contribution in [0.3, 0.4) is 0 Å². The molecular formula is C23H18ClN5O2. The molecule has 0 atom stereocenters. The third-order valence-corrected chi connectivity index (χ3v) is 5.82. The highest BCUT2D eigenvalue weighted by molar-refractivity contribution is 6.30. The van der Waals surface area contributed by atoms with Crippen molar-refractivity contribution in [3.05, 3.63) is 69.2 Å². The minimum absolute atomic E-state index is 0.259. The van der Waals surface area contributed by atoms with Crippen LogP contribution in [-0.2, 0) is 6.54 Å². The molecule has 6 rings (SSSR count). The molecule has 0 radical (unpaired) electrons. The number of furan rings is 1. The first-order valence-corrected chi connectivity index (χ1v) is 10.7. The first kappa shape index (κ1) is 18.4.